The molecule has 3 heterocycles. The highest BCUT2D eigenvalue weighted by molar-refractivity contribution is 7.90. The van der Waals surface area contributed by atoms with Gasteiger partial charge in [0.1, 0.15) is 0 Å². The Balaban J connectivity index is 1.25. The quantitative estimate of drug-likeness (QED) is 0.771. The van der Waals surface area contributed by atoms with E-state index in [0.29, 0.717) is 13.2 Å². The van der Waals surface area contributed by atoms with Gasteiger partial charge in [-0.05, 0) is 62.5 Å². The topological polar surface area (TPSA) is 115 Å². The first-order valence-corrected chi connectivity index (χ1v) is 12.0. The van der Waals surface area contributed by atoms with Gasteiger partial charge in [-0.2, -0.15) is 5.10 Å². The number of carbonyl (C=O) groups is 1. The van der Waals surface area contributed by atoms with Crippen LogP contribution in [0.1, 0.15) is 48.2 Å². The predicted molar refractivity (Wildman–Crippen MR) is 107 cm³/mol. The van der Waals surface area contributed by atoms with Crippen molar-refractivity contribution in [2.75, 3.05) is 11.9 Å². The van der Waals surface area contributed by atoms with E-state index < -0.39 is 16.1 Å². The van der Waals surface area contributed by atoms with Crippen molar-refractivity contribution in [2.45, 2.75) is 62.8 Å². The fourth-order valence-electron chi connectivity index (χ4n) is 4.92. The number of nitrogens with zero attached hydrogens (tertiary/aromatic N) is 3. The molecular weight excluding hydrogens is 406 g/mol. The van der Waals surface area contributed by atoms with E-state index in [1.54, 1.807) is 4.68 Å². The molecule has 10 heteroatoms. The summed E-state index contributed by atoms with van der Waals surface area (Å²) >= 11 is 0. The zero-order valence-corrected chi connectivity index (χ0v) is 17.3. The number of sulfonamides is 1. The third kappa shape index (κ3) is 2.80. The molecule has 0 atom stereocenters. The Morgan fingerprint density at radius 2 is 1.80 bits per heavy atom. The molecule has 0 unspecified atom stereocenters. The number of carbonyl (C=O) groups excluding carboxylic acids is 1. The Bertz CT molecular complexity index is 1150. The molecule has 9 nitrogen and oxygen atoms in total. The number of ether oxygens (including phenoxy) is 1. The molecule has 4 aliphatic rings. The summed E-state index contributed by atoms with van der Waals surface area (Å²) in [6, 6.07) is -0.765. The normalized spacial score (nSPS) is 20.3. The van der Waals surface area contributed by atoms with Crippen LogP contribution in [0.2, 0.25) is 0 Å². The monoisotopic (exact) mass is 429 g/mol. The summed E-state index contributed by atoms with van der Waals surface area (Å²) in [5, 5.41) is 7.00. The lowest BCUT2D eigenvalue weighted by molar-refractivity contribution is 0.144. The summed E-state index contributed by atoms with van der Waals surface area (Å²) in [5.74, 6) is 0.207. The van der Waals surface area contributed by atoms with Gasteiger partial charge in [-0.15, -0.1) is 0 Å². The third-order valence-electron chi connectivity index (χ3n) is 6.72. The maximum atomic E-state index is 12.9. The average Bonchev–Trinajstić information content (AvgIpc) is 3.13. The van der Waals surface area contributed by atoms with Gasteiger partial charge in [0.2, 0.25) is 5.88 Å². The van der Waals surface area contributed by atoms with Gasteiger partial charge < -0.3 is 10.1 Å². The van der Waals surface area contributed by atoms with Crippen molar-refractivity contribution in [3.63, 3.8) is 0 Å². The number of urea groups is 1. The molecule has 0 radical (unpaired) electrons. The number of fused-ring (bicyclic) bond motifs is 3. The average molecular weight is 430 g/mol. The van der Waals surface area contributed by atoms with Gasteiger partial charge in [-0.25, -0.2) is 22.6 Å². The van der Waals surface area contributed by atoms with Crippen LogP contribution in [-0.4, -0.2) is 35.8 Å². The molecule has 0 bridgehead atoms. The lowest BCUT2D eigenvalue weighted by Gasteiger charge is -2.24. The van der Waals surface area contributed by atoms with Crippen LogP contribution in [0, 0.1) is 5.41 Å². The highest BCUT2D eigenvalue weighted by atomic mass is 32.2. The number of amides is 2. The first-order chi connectivity index (χ1) is 14.4. The van der Waals surface area contributed by atoms with Crippen molar-refractivity contribution >= 4 is 21.7 Å². The first-order valence-electron chi connectivity index (χ1n) is 10.5. The second-order valence-corrected chi connectivity index (χ2v) is 10.5. The number of nitrogens with one attached hydrogen (secondary N) is 2. The first kappa shape index (κ1) is 18.2. The van der Waals surface area contributed by atoms with E-state index in [-0.39, 0.29) is 16.2 Å². The van der Waals surface area contributed by atoms with Gasteiger partial charge >= 0.3 is 6.03 Å². The zero-order chi connectivity index (χ0) is 20.5. The molecular formula is C20H23N5O4S. The van der Waals surface area contributed by atoms with Gasteiger partial charge in [0, 0.05) is 16.8 Å². The smallest absolute Gasteiger partial charge is 0.333 e. The van der Waals surface area contributed by atoms with Gasteiger partial charge in [-0.1, -0.05) is 0 Å². The number of rotatable bonds is 3. The molecule has 2 aromatic heterocycles. The largest absolute Gasteiger partial charge is 0.476 e. The number of hydrogen-bond donors (Lipinski definition) is 2. The maximum Gasteiger partial charge on any atom is 0.333 e. The molecule has 3 aliphatic carbocycles. The highest BCUT2D eigenvalue weighted by Gasteiger charge is 2.48. The van der Waals surface area contributed by atoms with E-state index in [1.807, 2.05) is 0 Å². The Labute approximate surface area is 174 Å². The Hall–Kier alpha value is -2.62. The number of anilines is 1. The van der Waals surface area contributed by atoms with E-state index in [2.05, 4.69) is 15.1 Å². The second kappa shape index (κ2) is 6.19. The molecule has 30 heavy (non-hydrogen) atoms. The van der Waals surface area contributed by atoms with Crippen molar-refractivity contribution in [2.24, 2.45) is 5.41 Å². The molecule has 1 saturated carbocycles. The summed E-state index contributed by atoms with van der Waals surface area (Å²) in [6.45, 7) is 1.14. The summed E-state index contributed by atoms with van der Waals surface area (Å²) in [4.78, 5) is 17.4. The summed E-state index contributed by atoms with van der Waals surface area (Å²) < 4.78 is 35.2. The lowest BCUT2D eigenvalue weighted by atomic mass is 10.1. The van der Waals surface area contributed by atoms with Gasteiger partial charge in [0.05, 0.1) is 25.0 Å². The van der Waals surface area contributed by atoms with E-state index in [9.17, 15) is 13.2 Å². The molecule has 2 N–H and O–H groups in total. The van der Waals surface area contributed by atoms with E-state index >= 15 is 0 Å². The van der Waals surface area contributed by atoms with Crippen LogP contribution in [0.15, 0.2) is 11.1 Å². The third-order valence-corrected chi connectivity index (χ3v) is 8.04. The highest BCUT2D eigenvalue weighted by Crippen LogP contribution is 2.50. The minimum absolute atomic E-state index is 0.0988. The fraction of sp³-hybridized carbons (Fsp3) is 0.550. The summed E-state index contributed by atoms with van der Waals surface area (Å²) in [5.41, 5.74) is 5.01. The summed E-state index contributed by atoms with van der Waals surface area (Å²) in [6.07, 6.45) is 8.90. The molecule has 2 amide bonds. The standard InChI is InChI=1S/C20H23N5O4S/c26-19(23-17-12-3-1-5-14(12)22-15-6-2-4-13(15)17)24-30(27,28)16-9-21-25-10-20(7-8-20)11-29-18(16)25/h9H,1-8,10-11H2,(H2,22,23,24,26). The molecule has 6 rings (SSSR count). The predicted octanol–water partition coefficient (Wildman–Crippen LogP) is 1.94. The van der Waals surface area contributed by atoms with Crippen LogP contribution in [0.5, 0.6) is 5.88 Å². The van der Waals surface area contributed by atoms with Gasteiger partial charge in [0.25, 0.3) is 10.0 Å². The van der Waals surface area contributed by atoms with E-state index in [4.69, 9.17) is 9.72 Å². The molecule has 0 aromatic carbocycles. The van der Waals surface area contributed by atoms with Gasteiger partial charge in [-0.3, -0.25) is 4.98 Å². The van der Waals surface area contributed by atoms with Crippen molar-refractivity contribution < 1.29 is 17.9 Å². The van der Waals surface area contributed by atoms with Crippen LogP contribution in [0.25, 0.3) is 0 Å². The van der Waals surface area contributed by atoms with Crippen molar-refractivity contribution in [3.8, 4) is 5.88 Å². The number of pyridine rings is 1. The van der Waals surface area contributed by atoms with Crippen LogP contribution >= 0.6 is 0 Å². The van der Waals surface area contributed by atoms with Crippen molar-refractivity contribution in [3.05, 3.63) is 28.7 Å². The minimum Gasteiger partial charge on any atom is -0.476 e. The van der Waals surface area contributed by atoms with Crippen LogP contribution in [0.4, 0.5) is 10.5 Å². The summed E-state index contributed by atoms with van der Waals surface area (Å²) in [7, 11) is -4.11. The zero-order valence-electron chi connectivity index (χ0n) is 16.5. The Kier molecular flexibility index (Phi) is 3.75. The van der Waals surface area contributed by atoms with E-state index in [0.717, 1.165) is 79.6 Å². The van der Waals surface area contributed by atoms with E-state index in [1.165, 1.54) is 6.20 Å². The van der Waals surface area contributed by atoms with Crippen molar-refractivity contribution in [1.82, 2.24) is 19.5 Å². The molecule has 1 aliphatic heterocycles. The molecule has 2 aromatic rings. The SMILES string of the molecule is O=C(Nc1c2c(nc3c1CCC3)CCC2)NS(=O)(=O)c1cnn2c1OCC1(CC1)C2. The van der Waals surface area contributed by atoms with Crippen LogP contribution < -0.4 is 14.8 Å². The minimum atomic E-state index is -4.11. The maximum absolute atomic E-state index is 12.9. The molecule has 0 saturated heterocycles. The Morgan fingerprint density at radius 3 is 2.47 bits per heavy atom. The molecule has 158 valence electrons. The number of aromatic nitrogens is 3. The van der Waals surface area contributed by atoms with Crippen LogP contribution in [0.3, 0.4) is 0 Å². The van der Waals surface area contributed by atoms with Crippen molar-refractivity contribution in [1.29, 1.82) is 0 Å². The van der Waals surface area contributed by atoms with Gasteiger partial charge in [0.15, 0.2) is 4.90 Å². The second-order valence-electron chi connectivity index (χ2n) is 8.86. The van der Waals surface area contributed by atoms with Crippen LogP contribution in [-0.2, 0) is 42.3 Å². The molecule has 1 spiro atoms. The Morgan fingerprint density at radius 1 is 1.10 bits per heavy atom. The lowest BCUT2D eigenvalue weighted by Crippen LogP contribution is -2.35. The number of hydrogen-bond acceptors (Lipinski definition) is 6. The molecule has 1 fully saturated rings. The number of aryl methyl sites for hydroxylation is 2. The fourth-order valence-corrected chi connectivity index (χ4v) is 5.90.